The van der Waals surface area contributed by atoms with E-state index in [0.717, 1.165) is 31.1 Å². The van der Waals surface area contributed by atoms with Crippen LogP contribution in [0.2, 0.25) is 0 Å². The van der Waals surface area contributed by atoms with E-state index in [1.54, 1.807) is 0 Å². The van der Waals surface area contributed by atoms with Crippen LogP contribution in [-0.4, -0.2) is 69.8 Å². The van der Waals surface area contributed by atoms with Gasteiger partial charge in [0.05, 0.1) is 13.2 Å². The Morgan fingerprint density at radius 3 is 2.10 bits per heavy atom. The second-order valence-electron chi connectivity index (χ2n) is 8.89. The van der Waals surface area contributed by atoms with Crippen molar-refractivity contribution in [3.8, 4) is 0 Å². The first-order chi connectivity index (χ1) is 13.7. The summed E-state index contributed by atoms with van der Waals surface area (Å²) in [6.07, 6.45) is 5.60. The number of ether oxygens (including phenoxy) is 1. The molecule has 0 aromatic carbocycles. The van der Waals surface area contributed by atoms with Gasteiger partial charge in [-0.05, 0) is 44.4 Å². The van der Waals surface area contributed by atoms with Crippen LogP contribution in [0.1, 0.15) is 79.1 Å². The first-order valence-electron chi connectivity index (χ1n) is 11.3. The lowest BCUT2D eigenvalue weighted by Gasteiger charge is -2.25. The van der Waals surface area contributed by atoms with E-state index in [1.807, 2.05) is 0 Å². The van der Waals surface area contributed by atoms with Gasteiger partial charge in [-0.15, -0.1) is 0 Å². The molecule has 0 heterocycles. The van der Waals surface area contributed by atoms with E-state index < -0.39 is 31.0 Å². The number of hydrogen-bond donors (Lipinski definition) is 5. The molecule has 0 bridgehead atoms. The zero-order chi connectivity index (χ0) is 22.2. The second-order valence-corrected chi connectivity index (χ2v) is 8.89. The van der Waals surface area contributed by atoms with Crippen molar-refractivity contribution in [3.05, 3.63) is 11.6 Å². The van der Waals surface area contributed by atoms with Crippen LogP contribution in [0.5, 0.6) is 0 Å². The van der Waals surface area contributed by atoms with E-state index in [4.69, 9.17) is 9.84 Å². The third kappa shape index (κ3) is 15.0. The predicted octanol–water partition coefficient (Wildman–Crippen LogP) is 2.80. The van der Waals surface area contributed by atoms with Gasteiger partial charge in [0.1, 0.15) is 24.4 Å². The van der Waals surface area contributed by atoms with Gasteiger partial charge >= 0.3 is 0 Å². The average Bonchev–Trinajstić information content (AvgIpc) is 2.68. The summed E-state index contributed by atoms with van der Waals surface area (Å²) in [5, 5.41) is 47.0. The van der Waals surface area contributed by atoms with Gasteiger partial charge in [0.25, 0.3) is 0 Å². The summed E-state index contributed by atoms with van der Waals surface area (Å²) in [6.45, 7) is 8.71. The van der Waals surface area contributed by atoms with Gasteiger partial charge in [0, 0.05) is 6.61 Å². The van der Waals surface area contributed by atoms with Crippen molar-refractivity contribution in [2.24, 2.45) is 11.8 Å². The van der Waals surface area contributed by atoms with Crippen molar-refractivity contribution in [1.29, 1.82) is 0 Å². The molecule has 0 aromatic rings. The van der Waals surface area contributed by atoms with Crippen LogP contribution in [0.3, 0.4) is 0 Å². The highest BCUT2D eigenvalue weighted by molar-refractivity contribution is 4.97. The normalized spacial score (nSPS) is 17.9. The van der Waals surface area contributed by atoms with Crippen LogP contribution in [-0.2, 0) is 4.74 Å². The molecule has 5 atom stereocenters. The Morgan fingerprint density at radius 1 is 0.862 bits per heavy atom. The first-order valence-corrected chi connectivity index (χ1v) is 11.3. The molecule has 6 nitrogen and oxygen atoms in total. The Balaban J connectivity index is 3.78. The van der Waals surface area contributed by atoms with Crippen molar-refractivity contribution in [2.75, 3.05) is 19.8 Å². The molecule has 0 aliphatic heterocycles. The van der Waals surface area contributed by atoms with E-state index in [9.17, 15) is 20.4 Å². The molecule has 5 N–H and O–H groups in total. The molecule has 6 heteroatoms. The van der Waals surface area contributed by atoms with Gasteiger partial charge in [-0.25, -0.2) is 0 Å². The first kappa shape index (κ1) is 28.5. The topological polar surface area (TPSA) is 110 Å². The summed E-state index contributed by atoms with van der Waals surface area (Å²) in [6, 6.07) is 0. The second kappa shape index (κ2) is 17.2. The molecule has 0 aromatic heterocycles. The predicted molar refractivity (Wildman–Crippen MR) is 117 cm³/mol. The molecule has 0 aliphatic carbocycles. The number of unbranched alkanes of at least 4 members (excludes halogenated alkanes) is 1. The minimum Gasteiger partial charge on any atom is -0.394 e. The average molecular weight is 419 g/mol. The Kier molecular flexibility index (Phi) is 16.9. The molecule has 0 radical (unpaired) electrons. The Hall–Kier alpha value is -0.500. The minimum absolute atomic E-state index is 0.131. The van der Waals surface area contributed by atoms with Crippen molar-refractivity contribution < 1.29 is 30.3 Å². The molecule has 0 amide bonds. The van der Waals surface area contributed by atoms with E-state index >= 15 is 0 Å². The summed E-state index contributed by atoms with van der Waals surface area (Å²) in [5.74, 6) is 1.60. The van der Waals surface area contributed by atoms with Crippen LogP contribution in [0, 0.1) is 11.8 Å². The summed E-state index contributed by atoms with van der Waals surface area (Å²) >= 11 is 0. The molecule has 29 heavy (non-hydrogen) atoms. The maximum absolute atomic E-state index is 9.76. The maximum atomic E-state index is 9.76. The minimum atomic E-state index is -1.61. The van der Waals surface area contributed by atoms with Gasteiger partial charge in [-0.3, -0.25) is 0 Å². The quantitative estimate of drug-likeness (QED) is 0.173. The van der Waals surface area contributed by atoms with Crippen LogP contribution < -0.4 is 0 Å². The van der Waals surface area contributed by atoms with Crippen LogP contribution >= 0.6 is 0 Å². The van der Waals surface area contributed by atoms with Crippen molar-refractivity contribution >= 4 is 0 Å². The van der Waals surface area contributed by atoms with Gasteiger partial charge in [0.2, 0.25) is 0 Å². The fraction of sp³-hybridized carbons (Fsp3) is 0.913. The zero-order valence-corrected chi connectivity index (χ0v) is 19.0. The number of aliphatic hydroxyl groups is 5. The maximum Gasteiger partial charge on any atom is 0.111 e. The molecule has 0 saturated heterocycles. The molecular weight excluding hydrogens is 372 g/mol. The molecule has 0 saturated carbocycles. The summed E-state index contributed by atoms with van der Waals surface area (Å²) in [5.41, 5.74) is 1.40. The van der Waals surface area contributed by atoms with Gasteiger partial charge < -0.3 is 30.3 Å². The van der Waals surface area contributed by atoms with Gasteiger partial charge in [0.15, 0.2) is 0 Å². The standard InChI is InChI=1S/C23H46O6/c1-17(2)9-7-11-19(4)13-8-12-18(3)10-5-6-14-29-16-21(26)23(28)22(27)20(25)15-24/h10,17,19-28H,5-9,11-16H2,1-4H3/t19?,20-,21+,22-,23-/m1/s1. The smallest absolute Gasteiger partial charge is 0.111 e. The van der Waals surface area contributed by atoms with Crippen LogP contribution in [0.25, 0.3) is 0 Å². The third-order valence-electron chi connectivity index (χ3n) is 5.35. The highest BCUT2D eigenvalue weighted by Crippen LogP contribution is 2.19. The summed E-state index contributed by atoms with van der Waals surface area (Å²) in [7, 11) is 0. The van der Waals surface area contributed by atoms with E-state index in [2.05, 4.69) is 33.8 Å². The summed E-state index contributed by atoms with van der Waals surface area (Å²) in [4.78, 5) is 0. The van der Waals surface area contributed by atoms with Crippen LogP contribution in [0.4, 0.5) is 0 Å². The molecule has 174 valence electrons. The molecule has 0 fully saturated rings. The monoisotopic (exact) mass is 418 g/mol. The Labute approximate surface area is 177 Å². The molecule has 0 rings (SSSR count). The molecular formula is C23H46O6. The largest absolute Gasteiger partial charge is 0.394 e. The zero-order valence-electron chi connectivity index (χ0n) is 19.0. The van der Waals surface area contributed by atoms with Crippen molar-refractivity contribution in [1.82, 2.24) is 0 Å². The highest BCUT2D eigenvalue weighted by Gasteiger charge is 2.29. The fourth-order valence-corrected chi connectivity index (χ4v) is 3.25. The Morgan fingerprint density at radius 2 is 1.48 bits per heavy atom. The van der Waals surface area contributed by atoms with E-state index in [1.165, 1.54) is 37.7 Å². The molecule has 0 spiro atoms. The molecule has 1 unspecified atom stereocenters. The third-order valence-corrected chi connectivity index (χ3v) is 5.35. The lowest BCUT2D eigenvalue weighted by atomic mass is 9.94. The van der Waals surface area contributed by atoms with Crippen molar-refractivity contribution in [2.45, 2.75) is 103 Å². The van der Waals surface area contributed by atoms with E-state index in [-0.39, 0.29) is 6.61 Å². The number of rotatable bonds is 18. The lowest BCUT2D eigenvalue weighted by Crippen LogP contribution is -2.47. The molecule has 0 aliphatic rings. The highest BCUT2D eigenvalue weighted by atomic mass is 16.5. The SMILES string of the molecule is CC(=CCCCOC[C@H](O)[C@@H](O)[C@H](O)[C@H](O)CO)CCCC(C)CCCC(C)C. The Bertz CT molecular complexity index is 412. The summed E-state index contributed by atoms with van der Waals surface area (Å²) < 4.78 is 5.33. The van der Waals surface area contributed by atoms with E-state index in [0.29, 0.717) is 6.61 Å². The van der Waals surface area contributed by atoms with Crippen LogP contribution in [0.15, 0.2) is 11.6 Å². The lowest BCUT2D eigenvalue weighted by molar-refractivity contribution is -0.129. The number of allylic oxidation sites excluding steroid dienone is 2. The fourth-order valence-electron chi connectivity index (χ4n) is 3.25. The number of aliphatic hydroxyl groups excluding tert-OH is 5. The van der Waals surface area contributed by atoms with Gasteiger partial charge in [-0.2, -0.15) is 0 Å². The van der Waals surface area contributed by atoms with Crippen molar-refractivity contribution in [3.63, 3.8) is 0 Å². The number of hydrogen-bond acceptors (Lipinski definition) is 6. The van der Waals surface area contributed by atoms with Gasteiger partial charge in [-0.1, -0.05) is 58.1 Å².